The SMILES string of the molecule is CCOC(=O)c1c(NC(=O)CSc2nnc(CNC(=O)Cc3ccccc3)n2-c2ccc([N+](=O)[O-])cc2)sc2c1CCCC2. The highest BCUT2D eigenvalue weighted by Crippen LogP contribution is 2.38. The van der Waals surface area contributed by atoms with E-state index in [0.717, 1.165) is 53.4 Å². The zero-order valence-corrected chi connectivity index (χ0v) is 25.5. The highest BCUT2D eigenvalue weighted by molar-refractivity contribution is 7.99. The number of aryl methyl sites for hydroxylation is 1. The maximum atomic E-state index is 13.1. The van der Waals surface area contributed by atoms with Gasteiger partial charge < -0.3 is 15.4 Å². The van der Waals surface area contributed by atoms with Crippen molar-refractivity contribution < 1.29 is 24.0 Å². The van der Waals surface area contributed by atoms with Crippen LogP contribution in [0.25, 0.3) is 5.69 Å². The van der Waals surface area contributed by atoms with Crippen LogP contribution in [0.1, 0.15) is 52.0 Å². The molecule has 0 aliphatic heterocycles. The van der Waals surface area contributed by atoms with E-state index in [-0.39, 0.29) is 42.8 Å². The number of nitro benzene ring substituents is 1. The van der Waals surface area contributed by atoms with E-state index in [2.05, 4.69) is 20.8 Å². The van der Waals surface area contributed by atoms with E-state index in [9.17, 15) is 24.5 Å². The normalized spacial score (nSPS) is 12.3. The largest absolute Gasteiger partial charge is 0.462 e. The van der Waals surface area contributed by atoms with Gasteiger partial charge in [0, 0.05) is 22.7 Å². The number of anilines is 1. The van der Waals surface area contributed by atoms with Gasteiger partial charge in [0.1, 0.15) is 5.00 Å². The first kappa shape index (κ1) is 30.9. The van der Waals surface area contributed by atoms with E-state index < -0.39 is 10.9 Å². The van der Waals surface area contributed by atoms with Gasteiger partial charge in [-0.15, -0.1) is 21.5 Å². The first-order valence-electron chi connectivity index (χ1n) is 14.1. The molecular weight excluding hydrogens is 605 g/mol. The van der Waals surface area contributed by atoms with Crippen molar-refractivity contribution in [2.24, 2.45) is 0 Å². The van der Waals surface area contributed by atoms with Crippen LogP contribution in [-0.2, 0) is 40.1 Å². The first-order chi connectivity index (χ1) is 21.3. The lowest BCUT2D eigenvalue weighted by molar-refractivity contribution is -0.384. The van der Waals surface area contributed by atoms with Gasteiger partial charge in [-0.1, -0.05) is 42.1 Å². The third-order valence-electron chi connectivity index (χ3n) is 6.91. The van der Waals surface area contributed by atoms with Crippen molar-refractivity contribution in [2.75, 3.05) is 17.7 Å². The molecule has 1 aliphatic carbocycles. The monoisotopic (exact) mass is 634 g/mol. The van der Waals surface area contributed by atoms with Gasteiger partial charge in [0.2, 0.25) is 11.8 Å². The van der Waals surface area contributed by atoms with Gasteiger partial charge in [0.25, 0.3) is 5.69 Å². The number of esters is 1. The molecule has 2 heterocycles. The summed E-state index contributed by atoms with van der Waals surface area (Å²) in [5, 5.41) is 26.3. The van der Waals surface area contributed by atoms with E-state index in [4.69, 9.17) is 4.74 Å². The number of thioether (sulfide) groups is 1. The molecule has 0 spiro atoms. The minimum absolute atomic E-state index is 0.0453. The second-order valence-corrected chi connectivity index (χ2v) is 12.0. The van der Waals surface area contributed by atoms with Crippen LogP contribution in [0.15, 0.2) is 59.8 Å². The van der Waals surface area contributed by atoms with E-state index in [1.54, 1.807) is 23.6 Å². The van der Waals surface area contributed by atoms with Crippen LogP contribution in [0.3, 0.4) is 0 Å². The molecular formula is C30H30N6O6S2. The maximum absolute atomic E-state index is 13.1. The van der Waals surface area contributed by atoms with Gasteiger partial charge in [-0.3, -0.25) is 24.3 Å². The lowest BCUT2D eigenvalue weighted by atomic mass is 9.95. The number of benzene rings is 2. The van der Waals surface area contributed by atoms with Gasteiger partial charge >= 0.3 is 5.97 Å². The Kier molecular flexibility index (Phi) is 10.0. The van der Waals surface area contributed by atoms with Crippen LogP contribution in [0.5, 0.6) is 0 Å². The molecule has 1 aliphatic rings. The minimum Gasteiger partial charge on any atom is -0.462 e. The van der Waals surface area contributed by atoms with Crippen LogP contribution in [0, 0.1) is 10.1 Å². The summed E-state index contributed by atoms with van der Waals surface area (Å²) >= 11 is 2.53. The smallest absolute Gasteiger partial charge is 0.341 e. The van der Waals surface area contributed by atoms with E-state index >= 15 is 0 Å². The average Bonchev–Trinajstić information content (AvgIpc) is 3.60. The standard InChI is InChI=1S/C30H30N6O6S2/c1-2-42-29(39)27-22-10-6-7-11-23(22)44-28(27)32-26(38)18-43-30-34-33-24(17-31-25(37)16-19-8-4-3-5-9-19)35(30)20-12-14-21(15-13-20)36(40)41/h3-5,8-9,12-15H,2,6-7,10-11,16-18H2,1H3,(H,31,37)(H,32,38). The number of nitro groups is 1. The number of ether oxygens (including phenoxy) is 1. The highest BCUT2D eigenvalue weighted by Gasteiger charge is 2.27. The summed E-state index contributed by atoms with van der Waals surface area (Å²) in [4.78, 5) is 50.3. The number of amides is 2. The summed E-state index contributed by atoms with van der Waals surface area (Å²) in [5.74, 6) is -0.643. The van der Waals surface area contributed by atoms with Crippen LogP contribution < -0.4 is 10.6 Å². The van der Waals surface area contributed by atoms with Crippen LogP contribution in [-0.4, -0.2) is 49.8 Å². The Balaban J connectivity index is 1.32. The Morgan fingerprint density at radius 1 is 1.05 bits per heavy atom. The summed E-state index contributed by atoms with van der Waals surface area (Å²) < 4.78 is 6.94. The van der Waals surface area contributed by atoms with Gasteiger partial charge in [-0.05, 0) is 55.9 Å². The van der Waals surface area contributed by atoms with Crippen LogP contribution in [0.4, 0.5) is 10.7 Å². The van der Waals surface area contributed by atoms with Crippen LogP contribution >= 0.6 is 23.1 Å². The molecule has 228 valence electrons. The van der Waals surface area contributed by atoms with Crippen molar-refractivity contribution in [3.8, 4) is 5.69 Å². The predicted octanol–water partition coefficient (Wildman–Crippen LogP) is 4.88. The van der Waals surface area contributed by atoms with Crippen molar-refractivity contribution in [2.45, 2.75) is 50.7 Å². The summed E-state index contributed by atoms with van der Waals surface area (Å²) in [6.45, 7) is 2.03. The molecule has 2 amide bonds. The Bertz CT molecular complexity index is 1670. The van der Waals surface area contributed by atoms with E-state index in [1.165, 1.54) is 23.5 Å². The molecule has 4 aromatic rings. The summed E-state index contributed by atoms with van der Waals surface area (Å²) in [7, 11) is 0. The molecule has 0 saturated carbocycles. The number of carbonyl (C=O) groups is 3. The molecule has 0 unspecified atom stereocenters. The van der Waals surface area contributed by atoms with Gasteiger partial charge in [-0.2, -0.15) is 0 Å². The average molecular weight is 635 g/mol. The third kappa shape index (κ3) is 7.32. The molecule has 0 radical (unpaired) electrons. The van der Waals surface area contributed by atoms with Gasteiger partial charge in [0.15, 0.2) is 11.0 Å². The number of aromatic nitrogens is 3. The highest BCUT2D eigenvalue weighted by atomic mass is 32.2. The van der Waals surface area contributed by atoms with Gasteiger partial charge in [0.05, 0.1) is 35.8 Å². The number of hydrogen-bond acceptors (Lipinski definition) is 10. The van der Waals surface area contributed by atoms with E-state index in [1.807, 2.05) is 30.3 Å². The van der Waals surface area contributed by atoms with Crippen molar-refractivity contribution in [1.29, 1.82) is 0 Å². The number of rotatable bonds is 12. The molecule has 0 bridgehead atoms. The first-order valence-corrected chi connectivity index (χ1v) is 15.9. The zero-order chi connectivity index (χ0) is 31.1. The number of hydrogen-bond donors (Lipinski definition) is 2. The molecule has 12 nitrogen and oxygen atoms in total. The topological polar surface area (TPSA) is 158 Å². The molecule has 14 heteroatoms. The Morgan fingerprint density at radius 2 is 1.80 bits per heavy atom. The predicted molar refractivity (Wildman–Crippen MR) is 166 cm³/mol. The van der Waals surface area contributed by atoms with Crippen molar-refractivity contribution >= 4 is 51.6 Å². The summed E-state index contributed by atoms with van der Waals surface area (Å²) in [5.41, 5.74) is 2.71. The number of thiophene rings is 1. The number of nitrogens with zero attached hydrogens (tertiary/aromatic N) is 4. The Hall–Kier alpha value is -4.56. The number of carbonyl (C=O) groups excluding carboxylic acids is 3. The third-order valence-corrected chi connectivity index (χ3v) is 9.04. The van der Waals surface area contributed by atoms with Crippen molar-refractivity contribution in [1.82, 2.24) is 20.1 Å². The molecule has 0 saturated heterocycles. The molecule has 2 N–H and O–H groups in total. The second kappa shape index (κ2) is 14.3. The maximum Gasteiger partial charge on any atom is 0.341 e. The fourth-order valence-electron chi connectivity index (χ4n) is 4.88. The molecule has 2 aromatic heterocycles. The Morgan fingerprint density at radius 3 is 2.52 bits per heavy atom. The molecule has 5 rings (SSSR count). The number of fused-ring (bicyclic) bond motifs is 1. The molecule has 44 heavy (non-hydrogen) atoms. The second-order valence-electron chi connectivity index (χ2n) is 9.92. The van der Waals surface area contributed by atoms with Crippen molar-refractivity contribution in [3.05, 3.63) is 92.1 Å². The van der Waals surface area contributed by atoms with Gasteiger partial charge in [-0.25, -0.2) is 4.79 Å². The molecule has 2 aromatic carbocycles. The molecule has 0 atom stereocenters. The van der Waals surface area contributed by atoms with Crippen LogP contribution in [0.2, 0.25) is 0 Å². The quantitative estimate of drug-likeness (QED) is 0.0959. The van der Waals surface area contributed by atoms with E-state index in [0.29, 0.717) is 27.2 Å². The Labute approximate surface area is 261 Å². The van der Waals surface area contributed by atoms with Crippen molar-refractivity contribution in [3.63, 3.8) is 0 Å². The summed E-state index contributed by atoms with van der Waals surface area (Å²) in [6.07, 6.45) is 3.83. The fraction of sp³-hybridized carbons (Fsp3) is 0.300. The lowest BCUT2D eigenvalue weighted by Crippen LogP contribution is -2.26. The number of non-ortho nitro benzene ring substituents is 1. The number of nitrogens with one attached hydrogen (secondary N) is 2. The fourth-order valence-corrected chi connectivity index (χ4v) is 6.94. The zero-order valence-electron chi connectivity index (χ0n) is 23.9. The summed E-state index contributed by atoms with van der Waals surface area (Å²) in [6, 6.07) is 15.2. The minimum atomic E-state index is -0.492. The molecule has 0 fully saturated rings. The lowest BCUT2D eigenvalue weighted by Gasteiger charge is -2.12.